The van der Waals surface area contributed by atoms with Gasteiger partial charge in [0, 0.05) is 24.3 Å². The summed E-state index contributed by atoms with van der Waals surface area (Å²) in [6.45, 7) is 0. The molecule has 0 spiro atoms. The molecule has 0 radical (unpaired) electrons. The molecule has 2 aromatic heterocycles. The molecule has 0 saturated heterocycles. The van der Waals surface area contributed by atoms with E-state index in [1.54, 1.807) is 25.5 Å². The zero-order valence-corrected chi connectivity index (χ0v) is 9.71. The molecule has 2 N–H and O–H groups in total. The summed E-state index contributed by atoms with van der Waals surface area (Å²) < 4.78 is 1.53. The van der Waals surface area contributed by atoms with E-state index in [-0.39, 0.29) is 5.91 Å². The van der Waals surface area contributed by atoms with Gasteiger partial charge in [0.25, 0.3) is 5.91 Å². The van der Waals surface area contributed by atoms with Crippen molar-refractivity contribution in [2.24, 2.45) is 7.05 Å². The number of carbonyl (C=O) groups is 1. The zero-order chi connectivity index (χ0) is 12.5. The number of anilines is 1. The monoisotopic (exact) mass is 241 g/mol. The summed E-state index contributed by atoms with van der Waals surface area (Å²) in [5.74, 6) is -0.186. The second kappa shape index (κ2) is 3.99. The van der Waals surface area contributed by atoms with Crippen molar-refractivity contribution in [1.29, 1.82) is 0 Å². The third-order valence-corrected chi connectivity index (χ3v) is 2.75. The Morgan fingerprint density at radius 3 is 3.06 bits per heavy atom. The first-order valence-electron chi connectivity index (χ1n) is 5.46. The van der Waals surface area contributed by atoms with E-state index in [1.165, 1.54) is 4.68 Å². The third kappa shape index (κ3) is 1.73. The number of rotatable bonds is 2. The van der Waals surface area contributed by atoms with Gasteiger partial charge in [0.2, 0.25) is 0 Å². The maximum atomic E-state index is 12.0. The van der Waals surface area contributed by atoms with Crippen LogP contribution in [-0.4, -0.2) is 25.9 Å². The predicted molar refractivity (Wildman–Crippen MR) is 67.3 cm³/mol. The molecule has 1 amide bonds. The Morgan fingerprint density at radius 2 is 2.28 bits per heavy atom. The molecule has 0 fully saturated rings. The van der Waals surface area contributed by atoms with Gasteiger partial charge in [-0.25, -0.2) is 0 Å². The highest BCUT2D eigenvalue weighted by Gasteiger charge is 2.10. The third-order valence-electron chi connectivity index (χ3n) is 2.75. The van der Waals surface area contributed by atoms with Gasteiger partial charge in [-0.2, -0.15) is 10.2 Å². The number of aromatic amines is 1. The molecule has 0 bridgehead atoms. The number of fused-ring (bicyclic) bond motifs is 1. The molecule has 18 heavy (non-hydrogen) atoms. The molecule has 2 heterocycles. The van der Waals surface area contributed by atoms with Crippen LogP contribution in [0.25, 0.3) is 10.9 Å². The molecule has 6 heteroatoms. The van der Waals surface area contributed by atoms with Crippen LogP contribution in [0.2, 0.25) is 0 Å². The quantitative estimate of drug-likeness (QED) is 0.714. The molecule has 3 rings (SSSR count). The number of aryl methyl sites for hydroxylation is 1. The molecular formula is C12H11N5O. The maximum Gasteiger partial charge on any atom is 0.273 e. The van der Waals surface area contributed by atoms with Gasteiger partial charge in [-0.05, 0) is 24.3 Å². The van der Waals surface area contributed by atoms with Gasteiger partial charge in [-0.3, -0.25) is 14.6 Å². The number of carbonyl (C=O) groups excluding carboxylic acids is 1. The highest BCUT2D eigenvalue weighted by atomic mass is 16.2. The lowest BCUT2D eigenvalue weighted by Gasteiger charge is -2.05. The predicted octanol–water partition coefficient (Wildman–Crippen LogP) is 1.55. The topological polar surface area (TPSA) is 75.6 Å². The lowest BCUT2D eigenvalue weighted by Crippen LogP contribution is -2.15. The summed E-state index contributed by atoms with van der Waals surface area (Å²) in [6, 6.07) is 7.25. The van der Waals surface area contributed by atoms with Crippen molar-refractivity contribution in [3.05, 3.63) is 42.4 Å². The Balaban J connectivity index is 1.88. The van der Waals surface area contributed by atoms with E-state index < -0.39 is 0 Å². The normalized spacial score (nSPS) is 10.7. The van der Waals surface area contributed by atoms with Gasteiger partial charge in [0.1, 0.15) is 5.69 Å². The molecule has 0 aliphatic carbocycles. The van der Waals surface area contributed by atoms with Crippen molar-refractivity contribution in [2.45, 2.75) is 0 Å². The standard InChI is InChI=1S/C12H11N5O/c1-17-11(4-5-14-17)12(18)15-9-3-2-8-7-13-16-10(8)6-9/h2-7H,1H3,(H,13,16)(H,15,18). The SMILES string of the molecule is Cn1nccc1C(=O)Nc1ccc2cn[nH]c2c1. The molecular weight excluding hydrogens is 230 g/mol. The van der Waals surface area contributed by atoms with Gasteiger partial charge < -0.3 is 5.32 Å². The number of benzene rings is 1. The van der Waals surface area contributed by atoms with Crippen LogP contribution < -0.4 is 5.32 Å². The van der Waals surface area contributed by atoms with E-state index >= 15 is 0 Å². The lowest BCUT2D eigenvalue weighted by molar-refractivity contribution is 0.101. The van der Waals surface area contributed by atoms with Crippen molar-refractivity contribution < 1.29 is 4.79 Å². The fraction of sp³-hybridized carbons (Fsp3) is 0.0833. The molecule has 0 aliphatic rings. The van der Waals surface area contributed by atoms with Crippen molar-refractivity contribution in [3.8, 4) is 0 Å². The number of H-pyrrole nitrogens is 1. The first kappa shape index (κ1) is 10.5. The van der Waals surface area contributed by atoms with Gasteiger partial charge in [0.15, 0.2) is 0 Å². The lowest BCUT2D eigenvalue weighted by atomic mass is 10.2. The Morgan fingerprint density at radius 1 is 1.39 bits per heavy atom. The Labute approximate surface area is 103 Å². The Bertz CT molecular complexity index is 712. The summed E-state index contributed by atoms with van der Waals surface area (Å²) in [5, 5.41) is 14.6. The van der Waals surface area contributed by atoms with Crippen LogP contribution in [0.15, 0.2) is 36.7 Å². The van der Waals surface area contributed by atoms with E-state index in [2.05, 4.69) is 20.6 Å². The van der Waals surface area contributed by atoms with Crippen LogP contribution in [0.3, 0.4) is 0 Å². The summed E-state index contributed by atoms with van der Waals surface area (Å²) in [5.41, 5.74) is 2.12. The number of aromatic nitrogens is 4. The Kier molecular flexibility index (Phi) is 2.33. The molecule has 0 unspecified atom stereocenters. The highest BCUT2D eigenvalue weighted by molar-refractivity contribution is 6.03. The van der Waals surface area contributed by atoms with E-state index in [4.69, 9.17) is 0 Å². The molecule has 0 atom stereocenters. The molecule has 90 valence electrons. The minimum Gasteiger partial charge on any atom is -0.321 e. The number of amides is 1. The number of nitrogens with one attached hydrogen (secondary N) is 2. The van der Waals surface area contributed by atoms with E-state index in [9.17, 15) is 4.79 Å². The second-order valence-corrected chi connectivity index (χ2v) is 3.97. The minimum absolute atomic E-state index is 0.186. The van der Waals surface area contributed by atoms with Crippen LogP contribution in [0.4, 0.5) is 5.69 Å². The smallest absolute Gasteiger partial charge is 0.273 e. The number of nitrogens with zero attached hydrogens (tertiary/aromatic N) is 3. The zero-order valence-electron chi connectivity index (χ0n) is 9.71. The number of hydrogen-bond donors (Lipinski definition) is 2. The highest BCUT2D eigenvalue weighted by Crippen LogP contribution is 2.17. The van der Waals surface area contributed by atoms with Crippen molar-refractivity contribution >= 4 is 22.5 Å². The van der Waals surface area contributed by atoms with Crippen LogP contribution in [0.5, 0.6) is 0 Å². The molecule has 6 nitrogen and oxygen atoms in total. The summed E-state index contributed by atoms with van der Waals surface area (Å²) in [7, 11) is 1.73. The summed E-state index contributed by atoms with van der Waals surface area (Å²) >= 11 is 0. The van der Waals surface area contributed by atoms with Crippen LogP contribution in [0.1, 0.15) is 10.5 Å². The largest absolute Gasteiger partial charge is 0.321 e. The molecule has 0 saturated carbocycles. The molecule has 3 aromatic rings. The first-order chi connectivity index (χ1) is 8.74. The fourth-order valence-corrected chi connectivity index (χ4v) is 1.81. The molecule has 1 aromatic carbocycles. The minimum atomic E-state index is -0.186. The fourth-order valence-electron chi connectivity index (χ4n) is 1.81. The summed E-state index contributed by atoms with van der Waals surface area (Å²) in [6.07, 6.45) is 3.33. The van der Waals surface area contributed by atoms with Crippen LogP contribution >= 0.6 is 0 Å². The van der Waals surface area contributed by atoms with Crippen LogP contribution in [-0.2, 0) is 7.05 Å². The van der Waals surface area contributed by atoms with Gasteiger partial charge >= 0.3 is 0 Å². The average Bonchev–Trinajstić information content (AvgIpc) is 2.96. The first-order valence-corrected chi connectivity index (χ1v) is 5.46. The second-order valence-electron chi connectivity index (χ2n) is 3.97. The summed E-state index contributed by atoms with van der Waals surface area (Å²) in [4.78, 5) is 12.0. The van der Waals surface area contributed by atoms with Gasteiger partial charge in [0.05, 0.1) is 11.7 Å². The van der Waals surface area contributed by atoms with E-state index in [0.29, 0.717) is 5.69 Å². The molecule has 0 aliphatic heterocycles. The maximum absolute atomic E-state index is 12.0. The Hall–Kier alpha value is -2.63. The van der Waals surface area contributed by atoms with Crippen molar-refractivity contribution in [2.75, 3.05) is 5.32 Å². The average molecular weight is 241 g/mol. The van der Waals surface area contributed by atoms with Gasteiger partial charge in [-0.15, -0.1) is 0 Å². The van der Waals surface area contributed by atoms with Crippen molar-refractivity contribution in [1.82, 2.24) is 20.0 Å². The van der Waals surface area contributed by atoms with Crippen LogP contribution in [0, 0.1) is 0 Å². The number of hydrogen-bond acceptors (Lipinski definition) is 3. The van der Waals surface area contributed by atoms with Crippen molar-refractivity contribution in [3.63, 3.8) is 0 Å². The van der Waals surface area contributed by atoms with E-state index in [0.717, 1.165) is 16.6 Å². The van der Waals surface area contributed by atoms with Gasteiger partial charge in [-0.1, -0.05) is 0 Å². The van der Waals surface area contributed by atoms with E-state index in [1.807, 2.05) is 18.2 Å².